The molecule has 1 amide bonds. The number of carbonyl (C=O) groups excluding carboxylic acids is 2. The standard InChI is InChI=1S/C22H33N3O4S/c1-2-17-19-18(14-22(15-23-20(19)26)6-10-28-11-7-22)25(24-17)8-3-9-29-21(27)16-4-12-30-13-5-16/h16H,2-15H2,1H3,(H,23,26). The van der Waals surface area contributed by atoms with Crippen molar-refractivity contribution in [2.75, 3.05) is 37.9 Å². The van der Waals surface area contributed by atoms with E-state index in [1.54, 1.807) is 0 Å². The Morgan fingerprint density at radius 3 is 2.83 bits per heavy atom. The van der Waals surface area contributed by atoms with E-state index >= 15 is 0 Å². The highest BCUT2D eigenvalue weighted by Crippen LogP contribution is 2.37. The number of amides is 1. The summed E-state index contributed by atoms with van der Waals surface area (Å²) >= 11 is 1.91. The molecule has 0 unspecified atom stereocenters. The summed E-state index contributed by atoms with van der Waals surface area (Å²) < 4.78 is 13.1. The minimum Gasteiger partial charge on any atom is -0.465 e. The molecule has 0 atom stereocenters. The summed E-state index contributed by atoms with van der Waals surface area (Å²) in [7, 11) is 0. The Hall–Kier alpha value is -1.54. The van der Waals surface area contributed by atoms with Crippen molar-refractivity contribution in [3.8, 4) is 0 Å². The topological polar surface area (TPSA) is 82.5 Å². The lowest BCUT2D eigenvalue weighted by molar-refractivity contribution is -0.149. The van der Waals surface area contributed by atoms with E-state index in [-0.39, 0.29) is 23.2 Å². The zero-order chi connectivity index (χ0) is 21.0. The van der Waals surface area contributed by atoms with E-state index in [1.165, 1.54) is 0 Å². The van der Waals surface area contributed by atoms with Crippen molar-refractivity contribution < 1.29 is 19.1 Å². The third-order valence-electron chi connectivity index (χ3n) is 6.73. The molecule has 4 rings (SSSR count). The molecule has 2 fully saturated rings. The number of fused-ring (bicyclic) bond motifs is 1. The second kappa shape index (κ2) is 9.73. The van der Waals surface area contributed by atoms with Gasteiger partial charge >= 0.3 is 5.97 Å². The summed E-state index contributed by atoms with van der Waals surface area (Å²) in [4.78, 5) is 25.1. The Bertz CT molecular complexity index is 767. The highest BCUT2D eigenvalue weighted by Gasteiger charge is 2.39. The predicted octanol–water partition coefficient (Wildman–Crippen LogP) is 2.60. The summed E-state index contributed by atoms with van der Waals surface area (Å²) in [6.07, 6.45) is 6.05. The van der Waals surface area contributed by atoms with Crippen LogP contribution in [0.5, 0.6) is 0 Å². The molecule has 0 aromatic carbocycles. The van der Waals surface area contributed by atoms with Crippen LogP contribution in [-0.2, 0) is 33.7 Å². The van der Waals surface area contributed by atoms with Gasteiger partial charge in [0.05, 0.1) is 29.5 Å². The Labute approximate surface area is 182 Å². The first-order valence-corrected chi connectivity index (χ1v) is 12.5. The molecule has 0 bridgehead atoms. The third kappa shape index (κ3) is 4.69. The average molecular weight is 436 g/mol. The SMILES string of the molecule is CCc1nn(CCCOC(=O)C2CCSCC2)c2c1C(=O)NCC1(CCOCC1)C2. The molecule has 1 aromatic heterocycles. The van der Waals surface area contributed by atoms with Crippen molar-refractivity contribution >= 4 is 23.6 Å². The number of rotatable bonds is 6. The van der Waals surface area contributed by atoms with E-state index in [2.05, 4.69) is 5.32 Å². The number of nitrogens with one attached hydrogen (secondary N) is 1. The molecule has 30 heavy (non-hydrogen) atoms. The smallest absolute Gasteiger partial charge is 0.308 e. The second-order valence-corrected chi connectivity index (χ2v) is 9.95. The van der Waals surface area contributed by atoms with Crippen LogP contribution in [0.4, 0.5) is 0 Å². The van der Waals surface area contributed by atoms with Gasteiger partial charge < -0.3 is 14.8 Å². The van der Waals surface area contributed by atoms with Gasteiger partial charge in [0.1, 0.15) is 0 Å². The maximum absolute atomic E-state index is 12.9. The largest absolute Gasteiger partial charge is 0.465 e. The second-order valence-electron chi connectivity index (χ2n) is 8.72. The van der Waals surface area contributed by atoms with Crippen LogP contribution in [-0.4, -0.2) is 59.5 Å². The molecule has 8 heteroatoms. The first-order chi connectivity index (χ1) is 14.6. The van der Waals surface area contributed by atoms with E-state index in [9.17, 15) is 9.59 Å². The first kappa shape index (κ1) is 21.7. The number of aromatic nitrogens is 2. The van der Waals surface area contributed by atoms with Gasteiger partial charge in [0, 0.05) is 32.7 Å². The lowest BCUT2D eigenvalue weighted by Crippen LogP contribution is -2.40. The highest BCUT2D eigenvalue weighted by molar-refractivity contribution is 7.99. The van der Waals surface area contributed by atoms with Crippen LogP contribution in [0.3, 0.4) is 0 Å². The molecule has 1 N–H and O–H groups in total. The third-order valence-corrected chi connectivity index (χ3v) is 7.77. The van der Waals surface area contributed by atoms with Crippen LogP contribution in [0.2, 0.25) is 0 Å². The quantitative estimate of drug-likeness (QED) is 0.546. The summed E-state index contributed by atoms with van der Waals surface area (Å²) in [5.74, 6) is 2.11. The van der Waals surface area contributed by atoms with E-state index in [4.69, 9.17) is 14.6 Å². The van der Waals surface area contributed by atoms with Crippen LogP contribution in [0.1, 0.15) is 60.8 Å². The van der Waals surface area contributed by atoms with Gasteiger partial charge in [-0.1, -0.05) is 6.92 Å². The van der Waals surface area contributed by atoms with Gasteiger partial charge in [-0.2, -0.15) is 16.9 Å². The lowest BCUT2D eigenvalue weighted by Gasteiger charge is -2.36. The number of hydrogen-bond donors (Lipinski definition) is 1. The Kier molecular flexibility index (Phi) is 7.03. The zero-order valence-electron chi connectivity index (χ0n) is 17.9. The molecule has 4 heterocycles. The summed E-state index contributed by atoms with van der Waals surface area (Å²) in [6, 6.07) is 0. The number of thioether (sulfide) groups is 1. The van der Waals surface area contributed by atoms with Crippen molar-refractivity contribution in [2.45, 2.75) is 58.4 Å². The van der Waals surface area contributed by atoms with Crippen LogP contribution in [0, 0.1) is 11.3 Å². The van der Waals surface area contributed by atoms with E-state index in [1.807, 2.05) is 23.4 Å². The number of esters is 1. The van der Waals surface area contributed by atoms with Crippen LogP contribution in [0.15, 0.2) is 0 Å². The van der Waals surface area contributed by atoms with Gasteiger partial charge in [0.2, 0.25) is 0 Å². The van der Waals surface area contributed by atoms with Gasteiger partial charge in [0.15, 0.2) is 0 Å². The van der Waals surface area contributed by atoms with Crippen molar-refractivity contribution in [2.24, 2.45) is 11.3 Å². The molecule has 2 saturated heterocycles. The molecule has 0 saturated carbocycles. The maximum atomic E-state index is 12.9. The fraction of sp³-hybridized carbons (Fsp3) is 0.773. The van der Waals surface area contributed by atoms with Crippen molar-refractivity contribution in [3.63, 3.8) is 0 Å². The normalized spacial score (nSPS) is 21.7. The number of ether oxygens (including phenoxy) is 2. The summed E-state index contributed by atoms with van der Waals surface area (Å²) in [6.45, 7) is 5.30. The minimum absolute atomic E-state index is 0.00179. The summed E-state index contributed by atoms with van der Waals surface area (Å²) in [5.41, 5.74) is 2.72. The zero-order valence-corrected chi connectivity index (χ0v) is 18.7. The molecule has 7 nitrogen and oxygen atoms in total. The molecule has 3 aliphatic heterocycles. The fourth-order valence-electron chi connectivity index (χ4n) is 4.80. The number of hydrogen-bond acceptors (Lipinski definition) is 6. The summed E-state index contributed by atoms with van der Waals surface area (Å²) in [5, 5.41) is 7.92. The highest BCUT2D eigenvalue weighted by atomic mass is 32.2. The number of carbonyl (C=O) groups is 2. The van der Waals surface area contributed by atoms with Crippen molar-refractivity contribution in [1.29, 1.82) is 0 Å². The number of aryl methyl sites for hydroxylation is 2. The van der Waals surface area contributed by atoms with Gasteiger partial charge in [-0.05, 0) is 55.4 Å². The molecule has 0 aliphatic carbocycles. The van der Waals surface area contributed by atoms with E-state index in [0.717, 1.165) is 80.2 Å². The van der Waals surface area contributed by atoms with E-state index in [0.29, 0.717) is 26.1 Å². The molecule has 1 aromatic rings. The van der Waals surface area contributed by atoms with E-state index < -0.39 is 0 Å². The lowest BCUT2D eigenvalue weighted by atomic mass is 9.76. The Morgan fingerprint density at radius 1 is 1.33 bits per heavy atom. The Morgan fingerprint density at radius 2 is 2.10 bits per heavy atom. The maximum Gasteiger partial charge on any atom is 0.308 e. The van der Waals surface area contributed by atoms with Crippen molar-refractivity contribution in [3.05, 3.63) is 17.0 Å². The van der Waals surface area contributed by atoms with Crippen LogP contribution >= 0.6 is 11.8 Å². The van der Waals surface area contributed by atoms with Crippen LogP contribution < -0.4 is 5.32 Å². The first-order valence-electron chi connectivity index (χ1n) is 11.3. The monoisotopic (exact) mass is 435 g/mol. The Balaban J connectivity index is 1.42. The predicted molar refractivity (Wildman–Crippen MR) is 116 cm³/mol. The van der Waals surface area contributed by atoms with Gasteiger partial charge in [0.25, 0.3) is 5.91 Å². The van der Waals surface area contributed by atoms with Gasteiger partial charge in [-0.25, -0.2) is 0 Å². The van der Waals surface area contributed by atoms with Gasteiger partial charge in [-0.15, -0.1) is 0 Å². The van der Waals surface area contributed by atoms with Crippen molar-refractivity contribution in [1.82, 2.24) is 15.1 Å². The molecular weight excluding hydrogens is 402 g/mol. The van der Waals surface area contributed by atoms with Crippen LogP contribution in [0.25, 0.3) is 0 Å². The number of nitrogens with zero attached hydrogens (tertiary/aromatic N) is 2. The molecule has 0 radical (unpaired) electrons. The fourth-order valence-corrected chi connectivity index (χ4v) is 5.90. The average Bonchev–Trinajstić information content (AvgIpc) is 3.06. The van der Waals surface area contributed by atoms with Gasteiger partial charge in [-0.3, -0.25) is 14.3 Å². The molecule has 1 spiro atoms. The molecule has 166 valence electrons. The molecular formula is C22H33N3O4S. The molecule has 3 aliphatic rings. The minimum atomic E-state index is -0.0515.